The van der Waals surface area contributed by atoms with Crippen molar-refractivity contribution < 1.29 is 0 Å². The highest BCUT2D eigenvalue weighted by atomic mass is 79.9. The Kier molecular flexibility index (Phi) is 2.91. The van der Waals surface area contributed by atoms with E-state index in [1.807, 2.05) is 0 Å². The molecule has 1 atom stereocenters. The zero-order valence-electron chi connectivity index (χ0n) is 9.60. The van der Waals surface area contributed by atoms with Crippen molar-refractivity contribution in [3.63, 3.8) is 0 Å². The third kappa shape index (κ3) is 2.26. The SMILES string of the molecule is CC(C)(C)C1CNCc2cc(Br)ccc21. The Morgan fingerprint density at radius 2 is 2.07 bits per heavy atom. The molecule has 0 saturated heterocycles. The molecule has 1 aromatic rings. The van der Waals surface area contributed by atoms with E-state index in [2.05, 4.69) is 60.2 Å². The summed E-state index contributed by atoms with van der Waals surface area (Å²) in [5.41, 5.74) is 3.29. The molecule has 1 aromatic carbocycles. The second kappa shape index (κ2) is 3.91. The van der Waals surface area contributed by atoms with Crippen LogP contribution in [0.15, 0.2) is 22.7 Å². The Bertz CT molecular complexity index is 365. The Morgan fingerprint density at radius 1 is 1.33 bits per heavy atom. The number of benzene rings is 1. The van der Waals surface area contributed by atoms with E-state index in [-0.39, 0.29) is 0 Å². The van der Waals surface area contributed by atoms with Gasteiger partial charge < -0.3 is 5.32 Å². The first kappa shape index (κ1) is 11.2. The summed E-state index contributed by atoms with van der Waals surface area (Å²) in [6.45, 7) is 9.04. The monoisotopic (exact) mass is 267 g/mol. The van der Waals surface area contributed by atoms with Crippen LogP contribution in [0, 0.1) is 5.41 Å². The molecule has 1 aliphatic heterocycles. The molecule has 2 rings (SSSR count). The van der Waals surface area contributed by atoms with E-state index < -0.39 is 0 Å². The summed E-state index contributed by atoms with van der Waals surface area (Å²) in [6, 6.07) is 6.67. The predicted molar refractivity (Wildman–Crippen MR) is 68.0 cm³/mol. The van der Waals surface area contributed by atoms with E-state index in [9.17, 15) is 0 Å². The molecule has 2 heteroatoms. The fourth-order valence-corrected chi connectivity index (χ4v) is 2.71. The number of fused-ring (bicyclic) bond motifs is 1. The van der Waals surface area contributed by atoms with E-state index in [0.717, 1.165) is 13.1 Å². The first-order valence-electron chi connectivity index (χ1n) is 5.47. The number of hydrogen-bond donors (Lipinski definition) is 1. The summed E-state index contributed by atoms with van der Waals surface area (Å²) in [5, 5.41) is 3.50. The minimum absolute atomic E-state index is 0.329. The van der Waals surface area contributed by atoms with Gasteiger partial charge in [-0.1, -0.05) is 42.8 Å². The predicted octanol–water partition coefficient (Wildman–Crippen LogP) is 3.68. The average Bonchev–Trinajstić information content (AvgIpc) is 2.15. The summed E-state index contributed by atoms with van der Waals surface area (Å²) in [5.74, 6) is 0.620. The van der Waals surface area contributed by atoms with E-state index in [1.54, 1.807) is 0 Å². The van der Waals surface area contributed by atoms with Crippen LogP contribution in [0.5, 0.6) is 0 Å². The van der Waals surface area contributed by atoms with Gasteiger partial charge in [0.1, 0.15) is 0 Å². The van der Waals surface area contributed by atoms with Gasteiger partial charge in [0.2, 0.25) is 0 Å². The van der Waals surface area contributed by atoms with Crippen LogP contribution in [0.2, 0.25) is 0 Å². The summed E-state index contributed by atoms with van der Waals surface area (Å²) >= 11 is 3.53. The van der Waals surface area contributed by atoms with Crippen molar-refractivity contribution in [3.05, 3.63) is 33.8 Å². The summed E-state index contributed by atoms with van der Waals surface area (Å²) in [4.78, 5) is 0. The van der Waals surface area contributed by atoms with Gasteiger partial charge >= 0.3 is 0 Å². The van der Waals surface area contributed by atoms with Gasteiger partial charge in [-0.25, -0.2) is 0 Å². The molecule has 1 aliphatic rings. The van der Waals surface area contributed by atoms with Crippen LogP contribution in [0.4, 0.5) is 0 Å². The zero-order chi connectivity index (χ0) is 11.1. The van der Waals surface area contributed by atoms with Crippen molar-refractivity contribution in [2.45, 2.75) is 33.2 Å². The van der Waals surface area contributed by atoms with Gasteiger partial charge in [-0.15, -0.1) is 0 Å². The maximum Gasteiger partial charge on any atom is 0.0209 e. The van der Waals surface area contributed by atoms with Gasteiger partial charge in [0, 0.05) is 23.5 Å². The van der Waals surface area contributed by atoms with Crippen LogP contribution in [0.1, 0.15) is 37.8 Å². The van der Waals surface area contributed by atoms with Gasteiger partial charge in [-0.3, -0.25) is 0 Å². The van der Waals surface area contributed by atoms with Crippen LogP contribution < -0.4 is 5.32 Å². The number of halogens is 1. The Balaban J connectivity index is 2.43. The molecule has 1 unspecified atom stereocenters. The molecule has 0 fully saturated rings. The first-order valence-corrected chi connectivity index (χ1v) is 6.27. The normalized spacial score (nSPS) is 21.2. The second-order valence-electron chi connectivity index (χ2n) is 5.39. The van der Waals surface area contributed by atoms with E-state index >= 15 is 0 Å². The third-order valence-electron chi connectivity index (χ3n) is 3.19. The Morgan fingerprint density at radius 3 is 2.73 bits per heavy atom. The lowest BCUT2D eigenvalue weighted by atomic mass is 9.73. The van der Waals surface area contributed by atoms with Gasteiger partial charge in [0.15, 0.2) is 0 Å². The van der Waals surface area contributed by atoms with Gasteiger partial charge in [-0.2, -0.15) is 0 Å². The van der Waals surface area contributed by atoms with Crippen molar-refractivity contribution in [2.75, 3.05) is 6.54 Å². The molecule has 0 radical (unpaired) electrons. The van der Waals surface area contributed by atoms with Gasteiger partial charge in [0.25, 0.3) is 0 Å². The minimum atomic E-state index is 0.329. The quantitative estimate of drug-likeness (QED) is 0.756. The van der Waals surface area contributed by atoms with Crippen LogP contribution in [0.3, 0.4) is 0 Å². The van der Waals surface area contributed by atoms with E-state index in [4.69, 9.17) is 0 Å². The second-order valence-corrected chi connectivity index (χ2v) is 6.31. The molecular formula is C13H18BrN. The minimum Gasteiger partial charge on any atom is -0.312 e. The topological polar surface area (TPSA) is 12.0 Å². The number of hydrogen-bond acceptors (Lipinski definition) is 1. The number of rotatable bonds is 0. The highest BCUT2D eigenvalue weighted by molar-refractivity contribution is 9.10. The van der Waals surface area contributed by atoms with E-state index in [1.165, 1.54) is 15.6 Å². The van der Waals surface area contributed by atoms with Crippen LogP contribution >= 0.6 is 15.9 Å². The van der Waals surface area contributed by atoms with Crippen LogP contribution in [-0.2, 0) is 6.54 Å². The molecule has 1 heterocycles. The van der Waals surface area contributed by atoms with Crippen molar-refractivity contribution in [3.8, 4) is 0 Å². The molecule has 0 aromatic heterocycles. The maximum absolute atomic E-state index is 3.53. The summed E-state index contributed by atoms with van der Waals surface area (Å²) in [7, 11) is 0. The molecule has 0 aliphatic carbocycles. The Hall–Kier alpha value is -0.340. The lowest BCUT2D eigenvalue weighted by Gasteiger charge is -2.36. The molecule has 0 amide bonds. The molecule has 0 spiro atoms. The first-order chi connectivity index (χ1) is 6.98. The molecule has 1 N–H and O–H groups in total. The van der Waals surface area contributed by atoms with Crippen LogP contribution in [0.25, 0.3) is 0 Å². The standard InChI is InChI=1S/C13H18BrN/c1-13(2,3)12-8-15-7-9-6-10(14)4-5-11(9)12/h4-6,12,15H,7-8H2,1-3H3. The molecular weight excluding hydrogens is 250 g/mol. The maximum atomic E-state index is 3.53. The molecule has 1 nitrogen and oxygen atoms in total. The summed E-state index contributed by atoms with van der Waals surface area (Å²) in [6.07, 6.45) is 0. The molecule has 82 valence electrons. The smallest absolute Gasteiger partial charge is 0.0209 e. The fourth-order valence-electron chi connectivity index (χ4n) is 2.30. The van der Waals surface area contributed by atoms with E-state index in [0.29, 0.717) is 11.3 Å². The van der Waals surface area contributed by atoms with Gasteiger partial charge in [-0.05, 0) is 28.7 Å². The zero-order valence-corrected chi connectivity index (χ0v) is 11.2. The van der Waals surface area contributed by atoms with Crippen molar-refractivity contribution in [1.82, 2.24) is 5.32 Å². The average molecular weight is 268 g/mol. The largest absolute Gasteiger partial charge is 0.312 e. The van der Waals surface area contributed by atoms with Crippen molar-refractivity contribution >= 4 is 15.9 Å². The fraction of sp³-hybridized carbons (Fsp3) is 0.538. The highest BCUT2D eigenvalue weighted by Gasteiger charge is 2.30. The van der Waals surface area contributed by atoms with Gasteiger partial charge in [0.05, 0.1) is 0 Å². The van der Waals surface area contributed by atoms with Crippen molar-refractivity contribution in [1.29, 1.82) is 0 Å². The molecule has 0 bridgehead atoms. The lowest BCUT2D eigenvalue weighted by molar-refractivity contribution is 0.296. The summed E-state index contributed by atoms with van der Waals surface area (Å²) < 4.78 is 1.18. The number of nitrogens with one attached hydrogen (secondary N) is 1. The lowest BCUT2D eigenvalue weighted by Crippen LogP contribution is -2.35. The van der Waals surface area contributed by atoms with Crippen LogP contribution in [-0.4, -0.2) is 6.54 Å². The molecule has 0 saturated carbocycles. The van der Waals surface area contributed by atoms with Crippen molar-refractivity contribution in [2.24, 2.45) is 5.41 Å². The third-order valence-corrected chi connectivity index (χ3v) is 3.68. The molecule has 15 heavy (non-hydrogen) atoms. The Labute approximate surface area is 100 Å². The highest BCUT2D eigenvalue weighted by Crippen LogP contribution is 2.38.